The van der Waals surface area contributed by atoms with Gasteiger partial charge in [-0.25, -0.2) is 0 Å². The summed E-state index contributed by atoms with van der Waals surface area (Å²) in [5.41, 5.74) is 2.71. The van der Waals surface area contributed by atoms with E-state index in [1.54, 1.807) is 0 Å². The average Bonchev–Trinajstić information content (AvgIpc) is 3.01. The smallest absolute Gasteiger partial charge is 0.245 e. The van der Waals surface area contributed by atoms with Gasteiger partial charge in [0, 0.05) is 19.5 Å². The maximum atomic E-state index is 12.4. The number of carbonyl (C=O) groups excluding carboxylic acids is 2. The molecule has 0 bridgehead atoms. The van der Waals surface area contributed by atoms with Crippen LogP contribution in [0.1, 0.15) is 43.2 Å². The molecule has 0 aromatic heterocycles. The molecule has 2 heterocycles. The molecule has 23 heavy (non-hydrogen) atoms. The normalized spacial score (nSPS) is 22.2. The van der Waals surface area contributed by atoms with E-state index in [1.807, 2.05) is 4.90 Å². The molecule has 3 rings (SSSR count). The SMILES string of the molecule is Cc1ccc(CCC2CCN(C(=O)[C@@H]3CCC(=O)N3)CC2)cc1. The molecule has 2 aliphatic heterocycles. The van der Waals surface area contributed by atoms with Gasteiger partial charge in [-0.15, -0.1) is 0 Å². The monoisotopic (exact) mass is 314 g/mol. The maximum absolute atomic E-state index is 12.4. The number of nitrogens with zero attached hydrogens (tertiary/aromatic N) is 1. The lowest BCUT2D eigenvalue weighted by Crippen LogP contribution is -2.47. The molecule has 0 radical (unpaired) electrons. The van der Waals surface area contributed by atoms with Crippen LogP contribution in [0.25, 0.3) is 0 Å². The number of hydrogen-bond acceptors (Lipinski definition) is 2. The predicted octanol–water partition coefficient (Wildman–Crippen LogP) is 2.44. The number of rotatable bonds is 4. The molecule has 1 atom stereocenters. The van der Waals surface area contributed by atoms with Gasteiger partial charge in [-0.1, -0.05) is 29.8 Å². The molecule has 2 fully saturated rings. The lowest BCUT2D eigenvalue weighted by Gasteiger charge is -2.33. The van der Waals surface area contributed by atoms with Gasteiger partial charge in [0.25, 0.3) is 0 Å². The largest absolute Gasteiger partial charge is 0.344 e. The van der Waals surface area contributed by atoms with Gasteiger partial charge in [-0.2, -0.15) is 0 Å². The second-order valence-electron chi connectivity index (χ2n) is 6.95. The van der Waals surface area contributed by atoms with Crippen LogP contribution >= 0.6 is 0 Å². The van der Waals surface area contributed by atoms with E-state index in [2.05, 4.69) is 36.5 Å². The summed E-state index contributed by atoms with van der Waals surface area (Å²) in [6.45, 7) is 3.79. The number of carbonyl (C=O) groups is 2. The van der Waals surface area contributed by atoms with E-state index in [-0.39, 0.29) is 17.9 Å². The van der Waals surface area contributed by atoms with Crippen LogP contribution in [0.4, 0.5) is 0 Å². The van der Waals surface area contributed by atoms with Crippen molar-refractivity contribution in [3.8, 4) is 0 Å². The first-order valence-electron chi connectivity index (χ1n) is 8.75. The van der Waals surface area contributed by atoms with Crippen molar-refractivity contribution in [2.75, 3.05) is 13.1 Å². The third kappa shape index (κ3) is 4.12. The summed E-state index contributed by atoms with van der Waals surface area (Å²) in [5, 5.41) is 2.78. The Hall–Kier alpha value is -1.84. The summed E-state index contributed by atoms with van der Waals surface area (Å²) >= 11 is 0. The molecule has 1 aromatic rings. The van der Waals surface area contributed by atoms with Crippen LogP contribution < -0.4 is 5.32 Å². The number of aryl methyl sites for hydroxylation is 2. The quantitative estimate of drug-likeness (QED) is 0.928. The molecule has 2 amide bonds. The zero-order valence-electron chi connectivity index (χ0n) is 13.9. The van der Waals surface area contributed by atoms with Crippen molar-refractivity contribution in [1.82, 2.24) is 10.2 Å². The number of piperidine rings is 1. The van der Waals surface area contributed by atoms with Gasteiger partial charge in [-0.05, 0) is 50.5 Å². The van der Waals surface area contributed by atoms with Crippen molar-refractivity contribution < 1.29 is 9.59 Å². The Bertz CT molecular complexity index is 559. The van der Waals surface area contributed by atoms with Gasteiger partial charge in [0.2, 0.25) is 11.8 Å². The van der Waals surface area contributed by atoms with Gasteiger partial charge >= 0.3 is 0 Å². The highest BCUT2D eigenvalue weighted by atomic mass is 16.2. The molecule has 2 saturated heterocycles. The highest BCUT2D eigenvalue weighted by molar-refractivity contribution is 5.90. The summed E-state index contributed by atoms with van der Waals surface area (Å²) in [6.07, 6.45) is 5.63. The minimum Gasteiger partial charge on any atom is -0.344 e. The molecule has 4 nitrogen and oxygen atoms in total. The standard InChI is InChI=1S/C19H26N2O2/c1-14-2-4-15(5-3-14)6-7-16-10-12-21(13-11-16)19(23)17-8-9-18(22)20-17/h2-5,16-17H,6-13H2,1H3,(H,20,22)/t17-/m0/s1. The first-order valence-corrected chi connectivity index (χ1v) is 8.75. The van der Waals surface area contributed by atoms with Gasteiger partial charge in [0.1, 0.15) is 6.04 Å². The van der Waals surface area contributed by atoms with Crippen LogP contribution in [0.15, 0.2) is 24.3 Å². The van der Waals surface area contributed by atoms with Gasteiger partial charge in [-0.3, -0.25) is 9.59 Å². The lowest BCUT2D eigenvalue weighted by atomic mass is 9.90. The van der Waals surface area contributed by atoms with Crippen LogP contribution in [-0.2, 0) is 16.0 Å². The van der Waals surface area contributed by atoms with Crippen molar-refractivity contribution in [3.63, 3.8) is 0 Å². The molecular formula is C19H26N2O2. The average molecular weight is 314 g/mol. The minimum atomic E-state index is -0.272. The molecule has 4 heteroatoms. The molecule has 1 N–H and O–H groups in total. The van der Waals surface area contributed by atoms with Gasteiger partial charge < -0.3 is 10.2 Å². The Morgan fingerprint density at radius 3 is 2.48 bits per heavy atom. The second kappa shape index (κ2) is 7.16. The summed E-state index contributed by atoms with van der Waals surface area (Å²) in [7, 11) is 0. The fourth-order valence-corrected chi connectivity index (χ4v) is 3.59. The van der Waals surface area contributed by atoms with Crippen LogP contribution in [0.2, 0.25) is 0 Å². The molecule has 0 saturated carbocycles. The Morgan fingerprint density at radius 2 is 1.87 bits per heavy atom. The van der Waals surface area contributed by atoms with Crippen molar-refractivity contribution in [2.45, 2.75) is 51.5 Å². The van der Waals surface area contributed by atoms with Crippen LogP contribution in [0, 0.1) is 12.8 Å². The third-order valence-electron chi connectivity index (χ3n) is 5.18. The van der Waals surface area contributed by atoms with E-state index in [9.17, 15) is 9.59 Å². The fraction of sp³-hybridized carbons (Fsp3) is 0.579. The zero-order chi connectivity index (χ0) is 16.2. The summed E-state index contributed by atoms with van der Waals surface area (Å²) in [6, 6.07) is 8.51. The molecule has 0 aliphatic carbocycles. The minimum absolute atomic E-state index is 0.0105. The van der Waals surface area contributed by atoms with Gasteiger partial charge in [0.15, 0.2) is 0 Å². The molecular weight excluding hydrogens is 288 g/mol. The Labute approximate surface area is 138 Å². The van der Waals surface area contributed by atoms with E-state index < -0.39 is 0 Å². The Balaban J connectivity index is 1.42. The highest BCUT2D eigenvalue weighted by Gasteiger charge is 2.32. The van der Waals surface area contributed by atoms with Crippen LogP contribution in [0.5, 0.6) is 0 Å². The van der Waals surface area contributed by atoms with E-state index in [4.69, 9.17) is 0 Å². The maximum Gasteiger partial charge on any atom is 0.245 e. The fourth-order valence-electron chi connectivity index (χ4n) is 3.59. The number of hydrogen-bond donors (Lipinski definition) is 1. The second-order valence-corrected chi connectivity index (χ2v) is 6.95. The van der Waals surface area contributed by atoms with Gasteiger partial charge in [0.05, 0.1) is 0 Å². The highest BCUT2D eigenvalue weighted by Crippen LogP contribution is 2.24. The number of amides is 2. The summed E-state index contributed by atoms with van der Waals surface area (Å²) in [4.78, 5) is 25.6. The molecule has 0 unspecified atom stereocenters. The zero-order valence-corrected chi connectivity index (χ0v) is 13.9. The summed E-state index contributed by atoms with van der Waals surface area (Å²) in [5.74, 6) is 0.836. The van der Waals surface area contributed by atoms with Crippen LogP contribution in [0.3, 0.4) is 0 Å². The van der Waals surface area contributed by atoms with E-state index in [0.717, 1.165) is 32.4 Å². The Kier molecular flexibility index (Phi) is 4.99. The van der Waals surface area contributed by atoms with Crippen molar-refractivity contribution >= 4 is 11.8 Å². The van der Waals surface area contributed by atoms with Crippen LogP contribution in [-0.4, -0.2) is 35.8 Å². The number of benzene rings is 1. The number of likely N-dealkylation sites (tertiary alicyclic amines) is 1. The lowest BCUT2D eigenvalue weighted by molar-refractivity contribution is -0.135. The first-order chi connectivity index (χ1) is 11.1. The van der Waals surface area contributed by atoms with E-state index in [1.165, 1.54) is 17.5 Å². The molecule has 2 aliphatic rings. The third-order valence-corrected chi connectivity index (χ3v) is 5.18. The Morgan fingerprint density at radius 1 is 1.17 bits per heavy atom. The van der Waals surface area contributed by atoms with E-state index in [0.29, 0.717) is 18.8 Å². The number of nitrogens with one attached hydrogen (secondary N) is 1. The van der Waals surface area contributed by atoms with Crippen molar-refractivity contribution in [3.05, 3.63) is 35.4 Å². The summed E-state index contributed by atoms with van der Waals surface area (Å²) < 4.78 is 0. The van der Waals surface area contributed by atoms with Crippen molar-refractivity contribution in [1.29, 1.82) is 0 Å². The molecule has 1 aromatic carbocycles. The van der Waals surface area contributed by atoms with E-state index >= 15 is 0 Å². The molecule has 0 spiro atoms. The predicted molar refractivity (Wildman–Crippen MR) is 90.0 cm³/mol. The van der Waals surface area contributed by atoms with Crippen molar-refractivity contribution in [2.24, 2.45) is 5.92 Å². The first kappa shape index (κ1) is 16.0. The topological polar surface area (TPSA) is 49.4 Å². The molecule has 124 valence electrons.